The third-order valence-electron chi connectivity index (χ3n) is 3.97. The van der Waals surface area contributed by atoms with E-state index >= 15 is 0 Å². The highest BCUT2D eigenvalue weighted by Gasteiger charge is 2.15. The Morgan fingerprint density at radius 2 is 1.73 bits per heavy atom. The molecule has 0 aliphatic heterocycles. The van der Waals surface area contributed by atoms with E-state index in [1.807, 2.05) is 55.5 Å². The van der Waals surface area contributed by atoms with Crippen LogP contribution < -0.4 is 5.32 Å². The molecule has 0 saturated heterocycles. The summed E-state index contributed by atoms with van der Waals surface area (Å²) in [5, 5.41) is 2.88. The van der Waals surface area contributed by atoms with Crippen molar-refractivity contribution >= 4 is 33.4 Å². The summed E-state index contributed by atoms with van der Waals surface area (Å²) >= 11 is 3.40. The van der Waals surface area contributed by atoms with Gasteiger partial charge in [0.2, 0.25) is 11.8 Å². The molecule has 0 bridgehead atoms. The molecule has 1 N–H and O–H groups in total. The van der Waals surface area contributed by atoms with Crippen LogP contribution in [0.2, 0.25) is 0 Å². The van der Waals surface area contributed by atoms with Gasteiger partial charge >= 0.3 is 0 Å². The molecule has 0 saturated carbocycles. The molecule has 6 heteroatoms. The molecule has 26 heavy (non-hydrogen) atoms. The second kappa shape index (κ2) is 9.50. The minimum Gasteiger partial charge on any atom is -0.340 e. The molecule has 138 valence electrons. The van der Waals surface area contributed by atoms with Gasteiger partial charge in [-0.25, -0.2) is 0 Å². The van der Waals surface area contributed by atoms with Gasteiger partial charge in [0.25, 0.3) is 0 Å². The summed E-state index contributed by atoms with van der Waals surface area (Å²) < 4.78 is 0.970. The van der Waals surface area contributed by atoms with Crippen LogP contribution in [0.4, 0.5) is 5.69 Å². The second-order valence-electron chi connectivity index (χ2n) is 6.42. The fraction of sp³-hybridized carbons (Fsp3) is 0.300. The molecule has 5 nitrogen and oxygen atoms in total. The topological polar surface area (TPSA) is 52.7 Å². The van der Waals surface area contributed by atoms with Crippen LogP contribution in [0.15, 0.2) is 53.0 Å². The van der Waals surface area contributed by atoms with Crippen LogP contribution in [0.1, 0.15) is 11.1 Å². The average molecular weight is 418 g/mol. The zero-order valence-electron chi connectivity index (χ0n) is 15.3. The molecule has 0 unspecified atom stereocenters. The first-order chi connectivity index (χ1) is 12.3. The normalized spacial score (nSPS) is 10.7. The van der Waals surface area contributed by atoms with E-state index in [4.69, 9.17) is 0 Å². The smallest absolute Gasteiger partial charge is 0.238 e. The molecular formula is C20H24BrN3O2. The lowest BCUT2D eigenvalue weighted by atomic mass is 10.2. The predicted octanol–water partition coefficient (Wildman–Crippen LogP) is 3.29. The summed E-state index contributed by atoms with van der Waals surface area (Å²) in [6.07, 6.45) is 0. The van der Waals surface area contributed by atoms with E-state index in [-0.39, 0.29) is 24.9 Å². The molecule has 0 atom stereocenters. The van der Waals surface area contributed by atoms with Crippen LogP contribution in [0, 0.1) is 6.92 Å². The number of carbonyl (C=O) groups is 2. The molecule has 0 radical (unpaired) electrons. The van der Waals surface area contributed by atoms with Crippen molar-refractivity contribution in [2.45, 2.75) is 13.5 Å². The van der Waals surface area contributed by atoms with Crippen molar-refractivity contribution in [3.63, 3.8) is 0 Å². The third kappa shape index (κ3) is 6.28. The molecule has 0 aliphatic rings. The van der Waals surface area contributed by atoms with Gasteiger partial charge in [0.15, 0.2) is 0 Å². The summed E-state index contributed by atoms with van der Waals surface area (Å²) in [5.74, 6) is -0.166. The first kappa shape index (κ1) is 20.1. The number of rotatable bonds is 7. The maximum atomic E-state index is 12.3. The Bertz CT molecular complexity index is 765. The molecule has 2 aromatic rings. The predicted molar refractivity (Wildman–Crippen MR) is 108 cm³/mol. The number of hydrogen-bond acceptors (Lipinski definition) is 3. The van der Waals surface area contributed by atoms with Crippen molar-refractivity contribution in [1.82, 2.24) is 9.80 Å². The first-order valence-electron chi connectivity index (χ1n) is 8.37. The Labute approximate surface area is 163 Å². The van der Waals surface area contributed by atoms with Crippen LogP contribution in [-0.4, -0.2) is 48.8 Å². The van der Waals surface area contributed by atoms with Gasteiger partial charge in [0, 0.05) is 23.8 Å². The minimum atomic E-state index is -0.142. The van der Waals surface area contributed by atoms with Crippen molar-refractivity contribution in [1.29, 1.82) is 0 Å². The van der Waals surface area contributed by atoms with Crippen LogP contribution in [-0.2, 0) is 16.1 Å². The maximum absolute atomic E-state index is 12.3. The lowest BCUT2D eigenvalue weighted by molar-refractivity contribution is -0.131. The van der Waals surface area contributed by atoms with E-state index in [9.17, 15) is 9.59 Å². The lowest BCUT2D eigenvalue weighted by Crippen LogP contribution is -2.39. The number of amides is 2. The molecule has 2 aromatic carbocycles. The van der Waals surface area contributed by atoms with Crippen molar-refractivity contribution in [2.24, 2.45) is 0 Å². The van der Waals surface area contributed by atoms with Crippen LogP contribution in [0.5, 0.6) is 0 Å². The number of nitrogens with zero attached hydrogens (tertiary/aromatic N) is 2. The summed E-state index contributed by atoms with van der Waals surface area (Å²) in [7, 11) is 3.54. The number of hydrogen-bond donors (Lipinski definition) is 1. The van der Waals surface area contributed by atoms with Crippen LogP contribution in [0.25, 0.3) is 0 Å². The van der Waals surface area contributed by atoms with Gasteiger partial charge in [-0.2, -0.15) is 0 Å². The number of carbonyl (C=O) groups excluding carboxylic acids is 2. The molecule has 0 aliphatic carbocycles. The Morgan fingerprint density at radius 3 is 2.38 bits per heavy atom. The number of likely N-dealkylation sites (N-methyl/N-ethyl adjacent to an activating group) is 2. The van der Waals surface area contributed by atoms with E-state index in [0.717, 1.165) is 21.3 Å². The first-order valence-corrected chi connectivity index (χ1v) is 9.17. The van der Waals surface area contributed by atoms with Gasteiger partial charge in [0.05, 0.1) is 13.1 Å². The Hall–Kier alpha value is -2.18. The standard InChI is InChI=1S/C20H24BrN3O2/c1-15-11-17(21)9-10-18(15)22-19(25)13-23(2)14-20(26)24(3)12-16-7-5-4-6-8-16/h4-11H,12-14H2,1-3H3,(H,22,25). The molecule has 0 heterocycles. The van der Waals surface area contributed by atoms with Crippen molar-refractivity contribution < 1.29 is 9.59 Å². The van der Waals surface area contributed by atoms with Crippen LogP contribution in [0.3, 0.4) is 0 Å². The highest BCUT2D eigenvalue weighted by molar-refractivity contribution is 9.10. The van der Waals surface area contributed by atoms with Gasteiger partial charge in [-0.3, -0.25) is 14.5 Å². The Morgan fingerprint density at radius 1 is 1.04 bits per heavy atom. The fourth-order valence-electron chi connectivity index (χ4n) is 2.56. The number of aryl methyl sites for hydroxylation is 1. The minimum absolute atomic E-state index is 0.0241. The van der Waals surface area contributed by atoms with E-state index in [1.165, 1.54) is 0 Å². The second-order valence-corrected chi connectivity index (χ2v) is 7.33. The Kier molecular flexibility index (Phi) is 7.36. The zero-order chi connectivity index (χ0) is 19.1. The number of anilines is 1. The molecule has 2 rings (SSSR count). The molecule has 2 amide bonds. The van der Waals surface area contributed by atoms with E-state index in [0.29, 0.717) is 6.54 Å². The number of halogens is 1. The fourth-order valence-corrected chi connectivity index (χ4v) is 3.03. The highest BCUT2D eigenvalue weighted by Crippen LogP contribution is 2.19. The Balaban J connectivity index is 1.82. The lowest BCUT2D eigenvalue weighted by Gasteiger charge is -2.22. The summed E-state index contributed by atoms with van der Waals surface area (Å²) in [5.41, 5.74) is 2.84. The van der Waals surface area contributed by atoms with E-state index < -0.39 is 0 Å². The summed E-state index contributed by atoms with van der Waals surface area (Å²) in [6, 6.07) is 15.5. The van der Waals surface area contributed by atoms with Crippen molar-refractivity contribution in [2.75, 3.05) is 32.5 Å². The monoisotopic (exact) mass is 417 g/mol. The molecule has 0 spiro atoms. The van der Waals surface area contributed by atoms with Gasteiger partial charge in [0.1, 0.15) is 0 Å². The third-order valence-corrected chi connectivity index (χ3v) is 4.46. The number of nitrogens with one attached hydrogen (secondary N) is 1. The van der Waals surface area contributed by atoms with Gasteiger partial charge in [-0.05, 0) is 43.3 Å². The summed E-state index contributed by atoms with van der Waals surface area (Å²) in [6.45, 7) is 2.83. The maximum Gasteiger partial charge on any atom is 0.238 e. The SMILES string of the molecule is Cc1cc(Br)ccc1NC(=O)CN(C)CC(=O)N(C)Cc1ccccc1. The zero-order valence-corrected chi connectivity index (χ0v) is 16.9. The van der Waals surface area contributed by atoms with Crippen molar-refractivity contribution in [3.05, 3.63) is 64.1 Å². The molecule has 0 fully saturated rings. The van der Waals surface area contributed by atoms with E-state index in [2.05, 4.69) is 21.2 Å². The van der Waals surface area contributed by atoms with Gasteiger partial charge in [-0.15, -0.1) is 0 Å². The average Bonchev–Trinajstić information content (AvgIpc) is 2.58. The largest absolute Gasteiger partial charge is 0.340 e. The van der Waals surface area contributed by atoms with Gasteiger partial charge < -0.3 is 10.2 Å². The van der Waals surface area contributed by atoms with Crippen molar-refractivity contribution in [3.8, 4) is 0 Å². The molecular weight excluding hydrogens is 394 g/mol. The molecule has 0 aromatic heterocycles. The van der Waals surface area contributed by atoms with Gasteiger partial charge in [-0.1, -0.05) is 46.3 Å². The van der Waals surface area contributed by atoms with Crippen LogP contribution >= 0.6 is 15.9 Å². The number of benzene rings is 2. The summed E-state index contributed by atoms with van der Waals surface area (Å²) in [4.78, 5) is 27.9. The van der Waals surface area contributed by atoms with E-state index in [1.54, 1.807) is 23.9 Å². The quantitative estimate of drug-likeness (QED) is 0.751. The highest BCUT2D eigenvalue weighted by atomic mass is 79.9.